The van der Waals surface area contributed by atoms with Gasteiger partial charge in [0, 0.05) is 24.3 Å². The zero-order valence-corrected chi connectivity index (χ0v) is 14.1. The molecule has 2 heterocycles. The molecular formula is C15H11ClIN3O. The average molecular weight is 412 g/mol. The van der Waals surface area contributed by atoms with Crippen LogP contribution in [0.1, 0.15) is 5.69 Å². The summed E-state index contributed by atoms with van der Waals surface area (Å²) in [4.78, 5) is 13.3. The Kier molecular flexibility index (Phi) is 4.32. The third-order valence-electron chi connectivity index (χ3n) is 3.05. The molecule has 21 heavy (non-hydrogen) atoms. The third kappa shape index (κ3) is 2.86. The smallest absolute Gasteiger partial charge is 0.162 e. The van der Waals surface area contributed by atoms with Crippen LogP contribution in [0.25, 0.3) is 22.3 Å². The van der Waals surface area contributed by atoms with Gasteiger partial charge in [-0.3, -0.25) is 4.98 Å². The van der Waals surface area contributed by atoms with E-state index in [4.69, 9.17) is 16.3 Å². The van der Waals surface area contributed by atoms with Crippen molar-refractivity contribution < 1.29 is 4.74 Å². The van der Waals surface area contributed by atoms with E-state index in [-0.39, 0.29) is 0 Å². The topological polar surface area (TPSA) is 47.9 Å². The molecule has 0 aliphatic rings. The molecule has 0 saturated carbocycles. The van der Waals surface area contributed by atoms with Gasteiger partial charge in [-0.25, -0.2) is 9.97 Å². The van der Waals surface area contributed by atoms with Crippen LogP contribution in [-0.2, 0) is 11.3 Å². The van der Waals surface area contributed by atoms with Gasteiger partial charge in [-0.1, -0.05) is 29.8 Å². The molecule has 6 heteroatoms. The highest BCUT2D eigenvalue weighted by Crippen LogP contribution is 2.28. The number of benzene rings is 1. The Hall–Kier alpha value is -1.31. The molecule has 0 radical (unpaired) electrons. The lowest BCUT2D eigenvalue weighted by Gasteiger charge is -2.09. The highest BCUT2D eigenvalue weighted by molar-refractivity contribution is 14.1. The predicted octanol–water partition coefficient (Wildman–Crippen LogP) is 4.10. The minimum Gasteiger partial charge on any atom is -0.378 e. The fraction of sp³-hybridized carbons (Fsp3) is 0.133. The summed E-state index contributed by atoms with van der Waals surface area (Å²) in [7, 11) is 1.63. The van der Waals surface area contributed by atoms with E-state index in [1.807, 2.05) is 30.3 Å². The van der Waals surface area contributed by atoms with Gasteiger partial charge in [-0.15, -0.1) is 0 Å². The van der Waals surface area contributed by atoms with Crippen LogP contribution in [-0.4, -0.2) is 22.1 Å². The average Bonchev–Trinajstić information content (AvgIpc) is 2.51. The van der Waals surface area contributed by atoms with Gasteiger partial charge in [0.05, 0.1) is 21.4 Å². The lowest BCUT2D eigenvalue weighted by Crippen LogP contribution is -2.02. The molecule has 0 N–H and O–H groups in total. The van der Waals surface area contributed by atoms with Gasteiger partial charge in [0.2, 0.25) is 0 Å². The van der Waals surface area contributed by atoms with E-state index < -0.39 is 0 Å². The standard InChI is InChI=1S/C15H11ClIN3O/c1-21-8-12-13(17)14(16)20-15(19-12)10-6-7-18-11-5-3-2-4-9(10)11/h2-7H,8H2,1H3. The number of aromatic nitrogens is 3. The maximum atomic E-state index is 6.23. The van der Waals surface area contributed by atoms with E-state index in [0.717, 1.165) is 25.7 Å². The van der Waals surface area contributed by atoms with Crippen molar-refractivity contribution in [1.82, 2.24) is 15.0 Å². The second-order valence-electron chi connectivity index (χ2n) is 4.41. The predicted molar refractivity (Wildman–Crippen MR) is 91.2 cm³/mol. The van der Waals surface area contributed by atoms with Crippen molar-refractivity contribution in [2.24, 2.45) is 0 Å². The Bertz CT molecular complexity index is 805. The summed E-state index contributed by atoms with van der Waals surface area (Å²) in [6.45, 7) is 0.399. The van der Waals surface area contributed by atoms with Gasteiger partial charge < -0.3 is 4.74 Å². The van der Waals surface area contributed by atoms with Crippen LogP contribution in [0.5, 0.6) is 0 Å². The van der Waals surface area contributed by atoms with Crippen LogP contribution in [0.4, 0.5) is 0 Å². The minimum atomic E-state index is 0.399. The number of halogens is 2. The fourth-order valence-corrected chi connectivity index (χ4v) is 2.69. The summed E-state index contributed by atoms with van der Waals surface area (Å²) in [6.07, 6.45) is 1.75. The van der Waals surface area contributed by atoms with Gasteiger partial charge in [0.1, 0.15) is 5.15 Å². The van der Waals surface area contributed by atoms with Crippen LogP contribution in [0.15, 0.2) is 36.5 Å². The summed E-state index contributed by atoms with van der Waals surface area (Å²) in [6, 6.07) is 9.79. The highest BCUT2D eigenvalue weighted by atomic mass is 127. The molecule has 0 bridgehead atoms. The van der Waals surface area contributed by atoms with Crippen molar-refractivity contribution in [3.05, 3.63) is 50.9 Å². The maximum absolute atomic E-state index is 6.23. The van der Waals surface area contributed by atoms with Gasteiger partial charge in [0.15, 0.2) is 5.82 Å². The second-order valence-corrected chi connectivity index (χ2v) is 5.84. The van der Waals surface area contributed by atoms with Crippen LogP contribution in [0, 0.1) is 3.57 Å². The van der Waals surface area contributed by atoms with Gasteiger partial charge in [-0.05, 0) is 34.7 Å². The molecular weight excluding hydrogens is 401 g/mol. The number of para-hydroxylation sites is 1. The normalized spacial score (nSPS) is 11.0. The van der Waals surface area contributed by atoms with Crippen LogP contribution >= 0.6 is 34.2 Å². The van der Waals surface area contributed by atoms with E-state index in [9.17, 15) is 0 Å². The van der Waals surface area contributed by atoms with Crippen molar-refractivity contribution >= 4 is 45.1 Å². The first-order valence-corrected chi connectivity index (χ1v) is 7.71. The zero-order chi connectivity index (χ0) is 14.8. The van der Waals surface area contributed by atoms with E-state index in [0.29, 0.717) is 17.6 Å². The summed E-state index contributed by atoms with van der Waals surface area (Å²) < 4.78 is 5.99. The third-order valence-corrected chi connectivity index (χ3v) is 4.78. The highest BCUT2D eigenvalue weighted by Gasteiger charge is 2.14. The molecule has 0 amide bonds. The summed E-state index contributed by atoms with van der Waals surface area (Å²) in [5.74, 6) is 0.589. The van der Waals surface area contributed by atoms with Crippen LogP contribution in [0.2, 0.25) is 5.15 Å². The van der Waals surface area contributed by atoms with Gasteiger partial charge >= 0.3 is 0 Å². The molecule has 0 fully saturated rings. The van der Waals surface area contributed by atoms with E-state index in [1.54, 1.807) is 13.3 Å². The van der Waals surface area contributed by atoms with E-state index in [2.05, 4.69) is 37.5 Å². The number of methoxy groups -OCH3 is 1. The van der Waals surface area contributed by atoms with Crippen LogP contribution < -0.4 is 0 Å². The minimum absolute atomic E-state index is 0.399. The molecule has 4 nitrogen and oxygen atoms in total. The quantitative estimate of drug-likeness (QED) is 0.481. The number of nitrogens with zero attached hydrogens (tertiary/aromatic N) is 3. The molecule has 3 rings (SSSR count). The Morgan fingerprint density at radius 2 is 2.00 bits per heavy atom. The number of ether oxygens (including phenoxy) is 1. The second kappa shape index (κ2) is 6.21. The molecule has 0 saturated heterocycles. The van der Waals surface area contributed by atoms with E-state index in [1.165, 1.54) is 0 Å². The Morgan fingerprint density at radius 3 is 2.81 bits per heavy atom. The molecule has 3 aromatic rings. The molecule has 2 aromatic heterocycles. The van der Waals surface area contributed by atoms with Gasteiger partial charge in [0.25, 0.3) is 0 Å². The zero-order valence-electron chi connectivity index (χ0n) is 11.2. The van der Waals surface area contributed by atoms with Crippen LogP contribution in [0.3, 0.4) is 0 Å². The Balaban J connectivity index is 2.23. The monoisotopic (exact) mass is 411 g/mol. The van der Waals surface area contributed by atoms with Crippen molar-refractivity contribution in [2.75, 3.05) is 7.11 Å². The number of fused-ring (bicyclic) bond motifs is 1. The molecule has 0 spiro atoms. The lowest BCUT2D eigenvalue weighted by molar-refractivity contribution is 0.181. The molecule has 0 unspecified atom stereocenters. The number of hydrogen-bond donors (Lipinski definition) is 0. The lowest BCUT2D eigenvalue weighted by atomic mass is 10.1. The first-order valence-electron chi connectivity index (χ1n) is 6.25. The van der Waals surface area contributed by atoms with Crippen molar-refractivity contribution in [3.8, 4) is 11.4 Å². The Labute approximate surface area is 140 Å². The maximum Gasteiger partial charge on any atom is 0.162 e. The number of rotatable bonds is 3. The van der Waals surface area contributed by atoms with Crippen molar-refractivity contribution in [3.63, 3.8) is 0 Å². The summed E-state index contributed by atoms with van der Waals surface area (Å²) in [5.41, 5.74) is 2.60. The molecule has 106 valence electrons. The number of hydrogen-bond acceptors (Lipinski definition) is 4. The first-order chi connectivity index (χ1) is 10.2. The first kappa shape index (κ1) is 14.6. The molecule has 0 aliphatic heterocycles. The van der Waals surface area contributed by atoms with Gasteiger partial charge in [-0.2, -0.15) is 0 Å². The Morgan fingerprint density at radius 1 is 1.19 bits per heavy atom. The van der Waals surface area contributed by atoms with Crippen molar-refractivity contribution in [2.45, 2.75) is 6.61 Å². The summed E-state index contributed by atoms with van der Waals surface area (Å²) >= 11 is 8.36. The van der Waals surface area contributed by atoms with E-state index >= 15 is 0 Å². The summed E-state index contributed by atoms with van der Waals surface area (Å²) in [5, 5.41) is 1.44. The fourth-order valence-electron chi connectivity index (χ4n) is 2.11. The molecule has 1 aromatic carbocycles. The molecule has 0 atom stereocenters. The van der Waals surface area contributed by atoms with Crippen molar-refractivity contribution in [1.29, 1.82) is 0 Å². The molecule has 0 aliphatic carbocycles. The SMILES string of the molecule is COCc1nc(-c2ccnc3ccccc23)nc(Cl)c1I. The number of pyridine rings is 1. The largest absolute Gasteiger partial charge is 0.378 e.